The average molecular weight is 406 g/mol. The van der Waals surface area contributed by atoms with Crippen molar-refractivity contribution in [2.45, 2.75) is 39.8 Å². The molecule has 2 heterocycles. The molecule has 1 aliphatic heterocycles. The molecule has 3 rings (SSSR count). The number of nitrogens with zero attached hydrogens (tertiary/aromatic N) is 3. The molecule has 28 heavy (non-hydrogen) atoms. The summed E-state index contributed by atoms with van der Waals surface area (Å²) >= 11 is 0. The highest BCUT2D eigenvalue weighted by Gasteiger charge is 2.31. The molecule has 0 saturated carbocycles. The van der Waals surface area contributed by atoms with E-state index in [1.54, 1.807) is 11.9 Å². The van der Waals surface area contributed by atoms with E-state index in [0.29, 0.717) is 18.7 Å². The summed E-state index contributed by atoms with van der Waals surface area (Å²) in [6, 6.07) is 7.46. The maximum absolute atomic E-state index is 12.5. The number of para-hydroxylation sites is 1. The first-order valence-corrected chi connectivity index (χ1v) is 11.2. The second-order valence-electron chi connectivity index (χ2n) is 7.45. The quantitative estimate of drug-likeness (QED) is 0.736. The molecule has 1 saturated heterocycles. The lowest BCUT2D eigenvalue weighted by Crippen LogP contribution is -2.31. The van der Waals surface area contributed by atoms with E-state index in [1.165, 1.54) is 0 Å². The van der Waals surface area contributed by atoms with Gasteiger partial charge >= 0.3 is 0 Å². The standard InChI is InChI=1S/C20H27N3O4S/c1-14-7-5-6-8-19(14)27-12-20(24)22(4)11-18-15(2)21-23(16(18)3)17-9-10-28(25,26)13-17/h5-8,17H,9-13H2,1-4H3/t17-/m0/s1. The van der Waals surface area contributed by atoms with E-state index < -0.39 is 9.84 Å². The van der Waals surface area contributed by atoms with E-state index >= 15 is 0 Å². The Labute approximate surface area is 166 Å². The van der Waals surface area contributed by atoms with Gasteiger partial charge in [0.1, 0.15) is 5.75 Å². The summed E-state index contributed by atoms with van der Waals surface area (Å²) in [4.78, 5) is 14.1. The third-order valence-corrected chi connectivity index (χ3v) is 7.05. The van der Waals surface area contributed by atoms with E-state index in [4.69, 9.17) is 4.74 Å². The number of hydrogen-bond donors (Lipinski definition) is 0. The van der Waals surface area contributed by atoms with Crippen LogP contribution in [0.4, 0.5) is 0 Å². The fourth-order valence-corrected chi connectivity index (χ4v) is 5.24. The van der Waals surface area contributed by atoms with Gasteiger partial charge in [-0.1, -0.05) is 18.2 Å². The van der Waals surface area contributed by atoms with Gasteiger partial charge in [0.2, 0.25) is 0 Å². The highest BCUT2D eigenvalue weighted by Crippen LogP contribution is 2.27. The molecule has 0 N–H and O–H groups in total. The molecule has 0 radical (unpaired) electrons. The Kier molecular flexibility index (Phi) is 5.79. The number of aromatic nitrogens is 2. The minimum absolute atomic E-state index is 0.0333. The van der Waals surface area contributed by atoms with Crippen LogP contribution >= 0.6 is 0 Å². The van der Waals surface area contributed by atoms with Crippen molar-refractivity contribution in [3.05, 3.63) is 46.8 Å². The van der Waals surface area contributed by atoms with Crippen molar-refractivity contribution >= 4 is 15.7 Å². The van der Waals surface area contributed by atoms with Crippen LogP contribution in [0, 0.1) is 20.8 Å². The fraction of sp³-hybridized carbons (Fsp3) is 0.500. The van der Waals surface area contributed by atoms with Gasteiger partial charge in [-0.2, -0.15) is 5.10 Å². The minimum atomic E-state index is -2.98. The first-order chi connectivity index (χ1) is 13.2. The summed E-state index contributed by atoms with van der Waals surface area (Å²) in [5.41, 5.74) is 3.67. The van der Waals surface area contributed by atoms with Gasteiger partial charge in [0.25, 0.3) is 5.91 Å². The van der Waals surface area contributed by atoms with Crippen LogP contribution in [0.3, 0.4) is 0 Å². The van der Waals surface area contributed by atoms with Crippen molar-refractivity contribution in [3.8, 4) is 5.75 Å². The van der Waals surface area contributed by atoms with Gasteiger partial charge in [0.05, 0.1) is 23.2 Å². The second kappa shape index (κ2) is 7.95. The van der Waals surface area contributed by atoms with Crippen molar-refractivity contribution in [3.63, 3.8) is 0 Å². The Morgan fingerprint density at radius 1 is 1.29 bits per heavy atom. The third-order valence-electron chi connectivity index (χ3n) is 5.29. The van der Waals surface area contributed by atoms with Gasteiger partial charge in [-0.15, -0.1) is 0 Å². The number of hydrogen-bond acceptors (Lipinski definition) is 5. The van der Waals surface area contributed by atoms with Crippen LogP contribution in [0.5, 0.6) is 5.75 Å². The number of carbonyl (C=O) groups is 1. The normalized spacial score (nSPS) is 18.2. The topological polar surface area (TPSA) is 81.5 Å². The van der Waals surface area contributed by atoms with E-state index in [9.17, 15) is 13.2 Å². The largest absolute Gasteiger partial charge is 0.484 e. The van der Waals surface area contributed by atoms with Gasteiger partial charge < -0.3 is 9.64 Å². The van der Waals surface area contributed by atoms with Gasteiger partial charge in [0.15, 0.2) is 16.4 Å². The Bertz CT molecular complexity index is 981. The molecule has 1 aromatic carbocycles. The summed E-state index contributed by atoms with van der Waals surface area (Å²) < 4.78 is 31.0. The lowest BCUT2D eigenvalue weighted by atomic mass is 10.1. The number of carbonyl (C=O) groups excluding carboxylic acids is 1. The number of aryl methyl sites for hydroxylation is 2. The van der Waals surface area contributed by atoms with Crippen LogP contribution in [0.2, 0.25) is 0 Å². The summed E-state index contributed by atoms with van der Waals surface area (Å²) in [5.74, 6) is 0.915. The maximum atomic E-state index is 12.5. The fourth-order valence-electron chi connectivity index (χ4n) is 3.54. The SMILES string of the molecule is Cc1ccccc1OCC(=O)N(C)Cc1c(C)nn([C@H]2CCS(=O)(=O)C2)c1C. The molecular formula is C20H27N3O4S. The molecule has 0 aliphatic carbocycles. The van der Waals surface area contributed by atoms with Gasteiger partial charge in [-0.25, -0.2) is 8.42 Å². The van der Waals surface area contributed by atoms with Crippen molar-refractivity contribution < 1.29 is 17.9 Å². The van der Waals surface area contributed by atoms with Crippen LogP contribution in [-0.4, -0.2) is 54.2 Å². The molecule has 1 atom stereocenters. The number of ether oxygens (including phenoxy) is 1. The minimum Gasteiger partial charge on any atom is -0.484 e. The Balaban J connectivity index is 1.66. The van der Waals surface area contributed by atoms with E-state index in [-0.39, 0.29) is 30.1 Å². The zero-order valence-corrected chi connectivity index (χ0v) is 17.6. The number of benzene rings is 1. The molecule has 0 unspecified atom stereocenters. The van der Waals surface area contributed by atoms with Crippen LogP contribution < -0.4 is 4.74 Å². The molecule has 2 aromatic rings. The van der Waals surface area contributed by atoms with E-state index in [1.807, 2.05) is 49.7 Å². The highest BCUT2D eigenvalue weighted by atomic mass is 32.2. The Morgan fingerprint density at radius 3 is 2.64 bits per heavy atom. The third kappa shape index (κ3) is 4.38. The van der Waals surface area contributed by atoms with E-state index in [0.717, 1.165) is 22.5 Å². The highest BCUT2D eigenvalue weighted by molar-refractivity contribution is 7.91. The van der Waals surface area contributed by atoms with Crippen LogP contribution in [0.25, 0.3) is 0 Å². The molecule has 1 amide bonds. The maximum Gasteiger partial charge on any atom is 0.260 e. The number of amides is 1. The monoisotopic (exact) mass is 405 g/mol. The zero-order valence-electron chi connectivity index (χ0n) is 16.8. The predicted octanol–water partition coefficient (Wildman–Crippen LogP) is 2.21. The number of sulfone groups is 1. The summed E-state index contributed by atoms with van der Waals surface area (Å²) in [5, 5.41) is 4.56. The van der Waals surface area contributed by atoms with Crippen LogP contribution in [0.1, 0.15) is 35.0 Å². The molecule has 0 bridgehead atoms. The molecular weight excluding hydrogens is 378 g/mol. The van der Waals surface area contributed by atoms with Gasteiger partial charge in [-0.3, -0.25) is 9.48 Å². The van der Waals surface area contributed by atoms with Crippen molar-refractivity contribution in [1.82, 2.24) is 14.7 Å². The first-order valence-electron chi connectivity index (χ1n) is 9.35. The van der Waals surface area contributed by atoms with Gasteiger partial charge in [0, 0.05) is 24.8 Å². The lowest BCUT2D eigenvalue weighted by molar-refractivity contribution is -0.132. The second-order valence-corrected chi connectivity index (χ2v) is 9.68. The summed E-state index contributed by atoms with van der Waals surface area (Å²) in [6.45, 7) is 6.14. The molecule has 152 valence electrons. The number of likely N-dealkylation sites (N-methyl/N-ethyl adjacent to an activating group) is 1. The lowest BCUT2D eigenvalue weighted by Gasteiger charge is -2.19. The molecule has 1 aromatic heterocycles. The van der Waals surface area contributed by atoms with Crippen LogP contribution in [-0.2, 0) is 21.2 Å². The van der Waals surface area contributed by atoms with Crippen molar-refractivity contribution in [2.75, 3.05) is 25.2 Å². The molecule has 8 heteroatoms. The zero-order chi connectivity index (χ0) is 20.5. The smallest absolute Gasteiger partial charge is 0.260 e. The Hall–Kier alpha value is -2.35. The van der Waals surface area contributed by atoms with Crippen molar-refractivity contribution in [2.24, 2.45) is 0 Å². The molecule has 1 aliphatic rings. The first kappa shape index (κ1) is 20.4. The Morgan fingerprint density at radius 2 is 2.00 bits per heavy atom. The van der Waals surface area contributed by atoms with Crippen molar-refractivity contribution in [1.29, 1.82) is 0 Å². The molecule has 7 nitrogen and oxygen atoms in total. The molecule has 1 fully saturated rings. The summed E-state index contributed by atoms with van der Waals surface area (Å²) in [7, 11) is -1.24. The van der Waals surface area contributed by atoms with Gasteiger partial charge in [-0.05, 0) is 38.8 Å². The predicted molar refractivity (Wildman–Crippen MR) is 107 cm³/mol. The number of rotatable bonds is 6. The van der Waals surface area contributed by atoms with Crippen LogP contribution in [0.15, 0.2) is 24.3 Å². The summed E-state index contributed by atoms with van der Waals surface area (Å²) in [6.07, 6.45) is 0.586. The molecule has 0 spiro atoms. The average Bonchev–Trinajstić information content (AvgIpc) is 3.14. The van der Waals surface area contributed by atoms with E-state index in [2.05, 4.69) is 5.10 Å².